The second-order valence-electron chi connectivity index (χ2n) is 3.80. The molecule has 0 aliphatic heterocycles. The minimum absolute atomic E-state index is 0.0654. The molecule has 2 atom stereocenters. The Morgan fingerprint density at radius 2 is 1.88 bits per heavy atom. The van der Waals surface area contributed by atoms with Crippen LogP contribution >= 0.6 is 0 Å². The van der Waals surface area contributed by atoms with Crippen molar-refractivity contribution < 1.29 is 17.7 Å². The molecule has 17 heavy (non-hydrogen) atoms. The van der Waals surface area contributed by atoms with Crippen molar-refractivity contribution in [3.05, 3.63) is 42.5 Å². The maximum atomic E-state index is 11.8. The van der Waals surface area contributed by atoms with Crippen LogP contribution in [0.1, 0.15) is 12.5 Å². The molecule has 0 aliphatic rings. The van der Waals surface area contributed by atoms with Gasteiger partial charge in [-0.15, -0.1) is 6.58 Å². The number of hydrogen-bond acceptors (Lipinski definition) is 4. The third-order valence-corrected chi connectivity index (χ3v) is 3.58. The van der Waals surface area contributed by atoms with Gasteiger partial charge in [0.2, 0.25) is 0 Å². The summed E-state index contributed by atoms with van der Waals surface area (Å²) in [6.07, 6.45) is -0.620. The Kier molecular flexibility index (Phi) is 4.45. The van der Waals surface area contributed by atoms with Gasteiger partial charge in [0, 0.05) is 0 Å². The number of aliphatic hydroxyl groups excluding tert-OH is 1. The van der Waals surface area contributed by atoms with E-state index in [1.807, 2.05) is 6.92 Å². The Morgan fingerprint density at radius 1 is 1.35 bits per heavy atom. The fourth-order valence-electron chi connectivity index (χ4n) is 1.22. The van der Waals surface area contributed by atoms with Crippen molar-refractivity contribution in [3.63, 3.8) is 0 Å². The zero-order valence-corrected chi connectivity index (χ0v) is 10.6. The summed E-state index contributed by atoms with van der Waals surface area (Å²) in [5.74, 6) is 0. The molecule has 0 aliphatic carbocycles. The molecular formula is C12H16O4S. The normalized spacial score (nSPS) is 15.2. The third kappa shape index (κ3) is 3.66. The molecule has 94 valence electrons. The van der Waals surface area contributed by atoms with Crippen LogP contribution in [0.25, 0.3) is 0 Å². The number of aliphatic hydroxyl groups is 1. The lowest BCUT2D eigenvalue weighted by molar-refractivity contribution is 0.0818. The Labute approximate surface area is 102 Å². The van der Waals surface area contributed by atoms with Gasteiger partial charge in [-0.05, 0) is 26.0 Å². The van der Waals surface area contributed by atoms with Crippen molar-refractivity contribution in [1.82, 2.24) is 0 Å². The highest BCUT2D eigenvalue weighted by atomic mass is 32.2. The fourth-order valence-corrected chi connectivity index (χ4v) is 2.34. The lowest BCUT2D eigenvalue weighted by Crippen LogP contribution is -2.27. The van der Waals surface area contributed by atoms with Gasteiger partial charge in [0.15, 0.2) is 0 Å². The van der Waals surface area contributed by atoms with Crippen LogP contribution in [0.3, 0.4) is 0 Å². The molecule has 1 aromatic rings. The first-order valence-corrected chi connectivity index (χ1v) is 6.58. The van der Waals surface area contributed by atoms with E-state index in [1.165, 1.54) is 25.1 Å². The smallest absolute Gasteiger partial charge is 0.297 e. The first kappa shape index (κ1) is 13.9. The quantitative estimate of drug-likeness (QED) is 0.642. The van der Waals surface area contributed by atoms with Crippen molar-refractivity contribution in [2.24, 2.45) is 0 Å². The molecule has 0 spiro atoms. The summed E-state index contributed by atoms with van der Waals surface area (Å²) in [4.78, 5) is 0.0654. The summed E-state index contributed by atoms with van der Waals surface area (Å²) in [6.45, 7) is 6.73. The minimum Gasteiger partial charge on any atom is -0.390 e. The van der Waals surface area contributed by atoms with E-state index in [-0.39, 0.29) is 4.90 Å². The van der Waals surface area contributed by atoms with Crippen molar-refractivity contribution in [2.45, 2.75) is 31.0 Å². The summed E-state index contributed by atoms with van der Waals surface area (Å²) in [6, 6.07) is 6.29. The van der Waals surface area contributed by atoms with Crippen molar-refractivity contribution in [3.8, 4) is 0 Å². The average molecular weight is 256 g/mol. The lowest BCUT2D eigenvalue weighted by Gasteiger charge is -2.16. The first-order chi connectivity index (χ1) is 7.86. The standard InChI is InChI=1S/C12H16O4S/c1-4-12(10(3)13)16-17(14,15)11-7-5-9(2)6-8-11/h4-8,10,12-13H,1H2,2-3H3/t10-,12+/m0/s1. The van der Waals surface area contributed by atoms with E-state index in [4.69, 9.17) is 4.18 Å². The molecule has 0 fully saturated rings. The molecular weight excluding hydrogens is 240 g/mol. The molecule has 0 bridgehead atoms. The monoisotopic (exact) mass is 256 g/mol. The van der Waals surface area contributed by atoms with Crippen molar-refractivity contribution >= 4 is 10.1 Å². The van der Waals surface area contributed by atoms with Gasteiger partial charge in [-0.25, -0.2) is 0 Å². The van der Waals surface area contributed by atoms with Crippen molar-refractivity contribution in [2.75, 3.05) is 0 Å². The predicted octanol–water partition coefficient (Wildman–Crippen LogP) is 1.64. The zero-order valence-electron chi connectivity index (χ0n) is 9.83. The van der Waals surface area contributed by atoms with Gasteiger partial charge in [0.1, 0.15) is 6.10 Å². The SMILES string of the molecule is C=C[C@@H](OS(=O)(=O)c1ccc(C)cc1)[C@H](C)O. The molecule has 5 heteroatoms. The van der Waals surface area contributed by atoms with Crippen molar-refractivity contribution in [1.29, 1.82) is 0 Å². The summed E-state index contributed by atoms with van der Waals surface area (Å²) in [5, 5.41) is 9.31. The van der Waals surface area contributed by atoms with E-state index in [9.17, 15) is 13.5 Å². The minimum atomic E-state index is -3.86. The van der Waals surface area contributed by atoms with Gasteiger partial charge < -0.3 is 5.11 Å². The molecule has 0 heterocycles. The van der Waals surface area contributed by atoms with E-state index >= 15 is 0 Å². The summed E-state index contributed by atoms with van der Waals surface area (Å²) in [5.41, 5.74) is 0.958. The highest BCUT2D eigenvalue weighted by Gasteiger charge is 2.22. The van der Waals surface area contributed by atoms with Crippen LogP contribution in [-0.4, -0.2) is 25.7 Å². The summed E-state index contributed by atoms with van der Waals surface area (Å²) >= 11 is 0. The second kappa shape index (κ2) is 5.44. The topological polar surface area (TPSA) is 63.6 Å². The van der Waals surface area contributed by atoms with E-state index in [1.54, 1.807) is 12.1 Å². The summed E-state index contributed by atoms with van der Waals surface area (Å²) < 4.78 is 28.6. The van der Waals surface area contributed by atoms with Gasteiger partial charge in [0.05, 0.1) is 11.0 Å². The molecule has 4 nitrogen and oxygen atoms in total. The van der Waals surface area contributed by atoms with Gasteiger partial charge in [0.25, 0.3) is 10.1 Å². The first-order valence-electron chi connectivity index (χ1n) is 5.17. The van der Waals surface area contributed by atoms with Crippen LogP contribution in [0.5, 0.6) is 0 Å². The fraction of sp³-hybridized carbons (Fsp3) is 0.333. The highest BCUT2D eigenvalue weighted by Crippen LogP contribution is 2.16. The second-order valence-corrected chi connectivity index (χ2v) is 5.38. The third-order valence-electron chi connectivity index (χ3n) is 2.26. The Hall–Kier alpha value is -1.17. The van der Waals surface area contributed by atoms with Gasteiger partial charge in [-0.3, -0.25) is 4.18 Å². The van der Waals surface area contributed by atoms with Gasteiger partial charge in [-0.2, -0.15) is 8.42 Å². The van der Waals surface area contributed by atoms with Gasteiger partial charge in [-0.1, -0.05) is 23.8 Å². The maximum absolute atomic E-state index is 11.8. The zero-order chi connectivity index (χ0) is 13.1. The Bertz CT molecular complexity index is 474. The van der Waals surface area contributed by atoms with Crippen LogP contribution in [0.15, 0.2) is 41.8 Å². The number of rotatable bonds is 5. The van der Waals surface area contributed by atoms with E-state index in [0.29, 0.717) is 0 Å². The van der Waals surface area contributed by atoms with Crippen LogP contribution in [0.4, 0.5) is 0 Å². The predicted molar refractivity (Wildman–Crippen MR) is 65.1 cm³/mol. The number of aryl methyl sites for hydroxylation is 1. The van der Waals surface area contributed by atoms with E-state index in [2.05, 4.69) is 6.58 Å². The average Bonchev–Trinajstić information content (AvgIpc) is 2.26. The molecule has 1 rings (SSSR count). The Balaban J connectivity index is 2.96. The van der Waals surface area contributed by atoms with Crippen LogP contribution in [0, 0.1) is 6.92 Å². The lowest BCUT2D eigenvalue weighted by atomic mass is 10.2. The highest BCUT2D eigenvalue weighted by molar-refractivity contribution is 7.86. The molecule has 0 radical (unpaired) electrons. The van der Waals surface area contributed by atoms with Gasteiger partial charge >= 0.3 is 0 Å². The van der Waals surface area contributed by atoms with E-state index < -0.39 is 22.3 Å². The van der Waals surface area contributed by atoms with Crippen LogP contribution in [0.2, 0.25) is 0 Å². The maximum Gasteiger partial charge on any atom is 0.297 e. The van der Waals surface area contributed by atoms with E-state index in [0.717, 1.165) is 5.56 Å². The molecule has 0 saturated heterocycles. The summed E-state index contributed by atoms with van der Waals surface area (Å²) in [7, 11) is -3.86. The molecule has 1 aromatic carbocycles. The molecule has 0 amide bonds. The van der Waals surface area contributed by atoms with Crippen LogP contribution < -0.4 is 0 Å². The van der Waals surface area contributed by atoms with Crippen LogP contribution in [-0.2, 0) is 14.3 Å². The Morgan fingerprint density at radius 3 is 2.29 bits per heavy atom. The molecule has 0 aromatic heterocycles. The molecule has 0 saturated carbocycles. The number of benzene rings is 1. The molecule has 0 unspecified atom stereocenters. The molecule has 1 N–H and O–H groups in total. The number of hydrogen-bond donors (Lipinski definition) is 1. The largest absolute Gasteiger partial charge is 0.390 e.